The molecular weight excluding hydrogens is 242 g/mol. The van der Waals surface area contributed by atoms with Crippen LogP contribution in [0.1, 0.15) is 30.9 Å². The van der Waals surface area contributed by atoms with Crippen LogP contribution in [0.15, 0.2) is 0 Å². The summed E-state index contributed by atoms with van der Waals surface area (Å²) in [4.78, 5) is 18.9. The Labute approximate surface area is 113 Å². The van der Waals surface area contributed by atoms with E-state index in [9.17, 15) is 4.79 Å². The van der Waals surface area contributed by atoms with Crippen LogP contribution in [0.3, 0.4) is 0 Å². The fourth-order valence-corrected chi connectivity index (χ4v) is 3.33. The highest BCUT2D eigenvalue weighted by molar-refractivity contribution is 5.79. The average Bonchev–Trinajstić information content (AvgIpc) is 3.01. The number of carbonyl (C=O) groups excluding carboxylic acids is 1. The van der Waals surface area contributed by atoms with Gasteiger partial charge in [0.2, 0.25) is 5.91 Å². The second-order valence-electron chi connectivity index (χ2n) is 5.59. The third-order valence-corrected chi connectivity index (χ3v) is 4.36. The topological polar surface area (TPSA) is 77.0 Å². The minimum absolute atomic E-state index is 0.126. The van der Waals surface area contributed by atoms with Crippen LogP contribution in [0.2, 0.25) is 0 Å². The molecule has 0 spiro atoms. The van der Waals surface area contributed by atoms with Gasteiger partial charge in [-0.1, -0.05) is 6.42 Å². The van der Waals surface area contributed by atoms with Crippen LogP contribution < -0.4 is 5.73 Å². The molecule has 1 fully saturated rings. The number of aryl methyl sites for hydroxylation is 1. The van der Waals surface area contributed by atoms with E-state index in [1.807, 2.05) is 16.5 Å². The number of nitrogens with two attached hydrogens (primary N) is 1. The van der Waals surface area contributed by atoms with Gasteiger partial charge >= 0.3 is 0 Å². The van der Waals surface area contributed by atoms with E-state index < -0.39 is 0 Å². The van der Waals surface area contributed by atoms with E-state index in [0.717, 1.165) is 44.0 Å². The predicted octanol–water partition coefficient (Wildman–Crippen LogP) is 0.304. The zero-order chi connectivity index (χ0) is 13.4. The number of hydrogen-bond acceptors (Lipinski definition) is 4. The summed E-state index contributed by atoms with van der Waals surface area (Å²) in [7, 11) is 0. The van der Waals surface area contributed by atoms with Crippen molar-refractivity contribution in [3.8, 4) is 0 Å². The molecule has 0 saturated heterocycles. The van der Waals surface area contributed by atoms with Gasteiger partial charge in [-0.05, 0) is 32.2 Å². The smallest absolute Gasteiger partial charge is 0.226 e. The molecule has 2 atom stereocenters. The van der Waals surface area contributed by atoms with E-state index in [-0.39, 0.29) is 11.8 Å². The van der Waals surface area contributed by atoms with Crippen molar-refractivity contribution in [2.45, 2.75) is 39.3 Å². The lowest BCUT2D eigenvalue weighted by molar-refractivity contribution is -0.138. The standard InChI is InChI=1S/C13H21N5O/c1-9-15-12-8-17(5-6-18(12)16-9)13(19)11-4-2-3-10(11)7-14/h10-11H,2-8,14H2,1H3/t10-,11-/m1/s1. The lowest BCUT2D eigenvalue weighted by atomic mass is 9.94. The molecule has 19 heavy (non-hydrogen) atoms. The van der Waals surface area contributed by atoms with E-state index in [1.165, 1.54) is 0 Å². The maximum Gasteiger partial charge on any atom is 0.226 e. The van der Waals surface area contributed by atoms with Crippen molar-refractivity contribution in [3.63, 3.8) is 0 Å². The summed E-state index contributed by atoms with van der Waals surface area (Å²) in [6, 6.07) is 0. The minimum atomic E-state index is 0.126. The first-order valence-electron chi connectivity index (χ1n) is 7.08. The summed E-state index contributed by atoms with van der Waals surface area (Å²) in [5.41, 5.74) is 5.77. The molecule has 6 heteroatoms. The Morgan fingerprint density at radius 3 is 3.05 bits per heavy atom. The van der Waals surface area contributed by atoms with Crippen molar-refractivity contribution < 1.29 is 4.79 Å². The van der Waals surface area contributed by atoms with E-state index in [2.05, 4.69) is 10.1 Å². The van der Waals surface area contributed by atoms with Crippen molar-refractivity contribution >= 4 is 5.91 Å². The normalized spacial score (nSPS) is 26.5. The van der Waals surface area contributed by atoms with Crippen LogP contribution in [-0.4, -0.2) is 38.7 Å². The average molecular weight is 263 g/mol. The van der Waals surface area contributed by atoms with Crippen LogP contribution in [0.25, 0.3) is 0 Å². The maximum atomic E-state index is 12.6. The quantitative estimate of drug-likeness (QED) is 0.832. The highest BCUT2D eigenvalue weighted by Gasteiger charge is 2.36. The number of nitrogens with zero attached hydrogens (tertiary/aromatic N) is 4. The zero-order valence-corrected chi connectivity index (χ0v) is 11.4. The van der Waals surface area contributed by atoms with Gasteiger partial charge in [0.05, 0.1) is 13.1 Å². The maximum absolute atomic E-state index is 12.6. The zero-order valence-electron chi connectivity index (χ0n) is 11.4. The van der Waals surface area contributed by atoms with E-state index in [4.69, 9.17) is 5.73 Å². The van der Waals surface area contributed by atoms with Crippen molar-refractivity contribution in [2.24, 2.45) is 17.6 Å². The molecule has 0 bridgehead atoms. The molecule has 1 saturated carbocycles. The highest BCUT2D eigenvalue weighted by atomic mass is 16.2. The Morgan fingerprint density at radius 1 is 1.42 bits per heavy atom. The summed E-state index contributed by atoms with van der Waals surface area (Å²) in [5, 5.41) is 4.32. The van der Waals surface area contributed by atoms with Gasteiger partial charge in [-0.3, -0.25) is 4.79 Å². The molecule has 0 radical (unpaired) electrons. The Balaban J connectivity index is 1.72. The number of rotatable bonds is 2. The van der Waals surface area contributed by atoms with Gasteiger partial charge in [-0.15, -0.1) is 0 Å². The largest absolute Gasteiger partial charge is 0.333 e. The number of aromatic nitrogens is 3. The molecule has 6 nitrogen and oxygen atoms in total. The second kappa shape index (κ2) is 4.92. The molecule has 0 aromatic carbocycles. The van der Waals surface area contributed by atoms with Crippen molar-refractivity contribution in [3.05, 3.63) is 11.6 Å². The molecule has 3 rings (SSSR count). The second-order valence-corrected chi connectivity index (χ2v) is 5.59. The summed E-state index contributed by atoms with van der Waals surface area (Å²) >= 11 is 0. The number of carbonyl (C=O) groups is 1. The molecule has 2 aliphatic rings. The van der Waals surface area contributed by atoms with E-state index in [1.54, 1.807) is 0 Å². The van der Waals surface area contributed by atoms with Gasteiger partial charge in [-0.25, -0.2) is 9.67 Å². The highest BCUT2D eigenvalue weighted by Crippen LogP contribution is 2.33. The molecule has 2 N–H and O–H groups in total. The van der Waals surface area contributed by atoms with E-state index >= 15 is 0 Å². The van der Waals surface area contributed by atoms with Crippen LogP contribution in [0, 0.1) is 18.8 Å². The van der Waals surface area contributed by atoms with Crippen LogP contribution in [-0.2, 0) is 17.9 Å². The molecule has 1 amide bonds. The number of amides is 1. The summed E-state index contributed by atoms with van der Waals surface area (Å²) < 4.78 is 1.91. The first-order valence-corrected chi connectivity index (χ1v) is 7.08. The Kier molecular flexibility index (Phi) is 3.26. The molecular formula is C13H21N5O. The summed E-state index contributed by atoms with van der Waals surface area (Å²) in [5.74, 6) is 2.44. The van der Waals surface area contributed by atoms with E-state index in [0.29, 0.717) is 19.0 Å². The van der Waals surface area contributed by atoms with Gasteiger partial charge in [0, 0.05) is 12.5 Å². The summed E-state index contributed by atoms with van der Waals surface area (Å²) in [6.07, 6.45) is 3.21. The van der Waals surface area contributed by atoms with Gasteiger partial charge in [-0.2, -0.15) is 5.10 Å². The Morgan fingerprint density at radius 2 is 2.26 bits per heavy atom. The SMILES string of the molecule is Cc1nc2n(n1)CCN(C(=O)[C@@H]1CCC[C@@H]1CN)C2. The number of hydrogen-bond donors (Lipinski definition) is 1. The van der Waals surface area contributed by atoms with Crippen LogP contribution in [0.5, 0.6) is 0 Å². The fourth-order valence-electron chi connectivity index (χ4n) is 3.33. The lowest BCUT2D eigenvalue weighted by Gasteiger charge is -2.30. The monoisotopic (exact) mass is 263 g/mol. The Bertz CT molecular complexity index is 483. The number of fused-ring (bicyclic) bond motifs is 1. The first-order chi connectivity index (χ1) is 9.19. The molecule has 1 aromatic heterocycles. The van der Waals surface area contributed by atoms with Crippen molar-refractivity contribution in [2.75, 3.05) is 13.1 Å². The molecule has 1 aliphatic heterocycles. The summed E-state index contributed by atoms with van der Waals surface area (Å²) in [6.45, 7) is 4.59. The molecule has 0 unspecified atom stereocenters. The fraction of sp³-hybridized carbons (Fsp3) is 0.769. The molecule has 104 valence electrons. The van der Waals surface area contributed by atoms with Crippen LogP contribution in [0.4, 0.5) is 0 Å². The Hall–Kier alpha value is -1.43. The van der Waals surface area contributed by atoms with Gasteiger partial charge < -0.3 is 10.6 Å². The first kappa shape index (κ1) is 12.6. The molecule has 1 aromatic rings. The van der Waals surface area contributed by atoms with Gasteiger partial charge in [0.15, 0.2) is 0 Å². The van der Waals surface area contributed by atoms with Crippen LogP contribution >= 0.6 is 0 Å². The third kappa shape index (κ3) is 2.25. The van der Waals surface area contributed by atoms with Crippen molar-refractivity contribution in [1.29, 1.82) is 0 Å². The lowest BCUT2D eigenvalue weighted by Crippen LogP contribution is -2.43. The minimum Gasteiger partial charge on any atom is -0.333 e. The van der Waals surface area contributed by atoms with Crippen molar-refractivity contribution in [1.82, 2.24) is 19.7 Å². The van der Waals surface area contributed by atoms with Gasteiger partial charge in [0.25, 0.3) is 0 Å². The molecule has 2 heterocycles. The molecule has 1 aliphatic carbocycles. The third-order valence-electron chi connectivity index (χ3n) is 4.36. The predicted molar refractivity (Wildman–Crippen MR) is 70.1 cm³/mol. The van der Waals surface area contributed by atoms with Gasteiger partial charge in [0.1, 0.15) is 11.6 Å².